The minimum atomic E-state index is -1.16. The fraction of sp³-hybridized carbons (Fsp3) is 0.100. The highest BCUT2D eigenvalue weighted by atomic mass is 35.5. The van der Waals surface area contributed by atoms with Gasteiger partial charge in [-0.1, -0.05) is 64.6 Å². The second-order valence-electron chi connectivity index (χ2n) is 6.04. The summed E-state index contributed by atoms with van der Waals surface area (Å²) < 4.78 is 5.11. The molecule has 1 heterocycles. The molecular formula is C20H14Cl3NO4S. The quantitative estimate of drug-likeness (QED) is 0.438. The van der Waals surface area contributed by atoms with Gasteiger partial charge in [0.25, 0.3) is 5.91 Å². The Labute approximate surface area is 185 Å². The van der Waals surface area contributed by atoms with Crippen LogP contribution in [-0.2, 0) is 0 Å². The Morgan fingerprint density at radius 3 is 2.31 bits per heavy atom. The van der Waals surface area contributed by atoms with E-state index >= 15 is 0 Å². The van der Waals surface area contributed by atoms with Gasteiger partial charge in [-0.2, -0.15) is 0 Å². The van der Waals surface area contributed by atoms with Crippen LogP contribution in [0.15, 0.2) is 35.7 Å². The molecule has 0 atom stereocenters. The summed E-state index contributed by atoms with van der Waals surface area (Å²) in [5.41, 5.74) is 2.21. The molecule has 2 N–H and O–H groups in total. The van der Waals surface area contributed by atoms with Crippen LogP contribution in [0.4, 0.5) is 5.00 Å². The summed E-state index contributed by atoms with van der Waals surface area (Å²) in [7, 11) is 1.36. The van der Waals surface area contributed by atoms with Crippen molar-refractivity contribution in [2.45, 2.75) is 6.92 Å². The summed E-state index contributed by atoms with van der Waals surface area (Å²) in [6.45, 7) is 1.94. The van der Waals surface area contributed by atoms with Gasteiger partial charge in [0.1, 0.15) is 10.6 Å². The van der Waals surface area contributed by atoms with Crippen LogP contribution in [0.25, 0.3) is 11.1 Å². The molecule has 1 aromatic heterocycles. The van der Waals surface area contributed by atoms with E-state index in [1.54, 1.807) is 5.38 Å². The van der Waals surface area contributed by atoms with Crippen LogP contribution >= 0.6 is 46.1 Å². The van der Waals surface area contributed by atoms with Crippen molar-refractivity contribution in [3.05, 3.63) is 67.5 Å². The summed E-state index contributed by atoms with van der Waals surface area (Å²) in [5, 5.41) is 14.3. The maximum Gasteiger partial charge on any atom is 0.339 e. The first kappa shape index (κ1) is 21.5. The number of hydrogen-bond acceptors (Lipinski definition) is 4. The number of amides is 1. The normalized spacial score (nSPS) is 10.7. The minimum Gasteiger partial charge on any atom is -0.494 e. The number of thiophene rings is 1. The standard InChI is InChI=1S/C20H14Cl3NO4S/c1-9-3-5-10(6-4-9)11-8-29-19(14(11)20(26)27)24-18(25)15-12(21)7-13(22)17(28-2)16(15)23/h3-8H,1-2H3,(H,24,25)(H,26,27). The van der Waals surface area contributed by atoms with Crippen molar-refractivity contribution in [1.29, 1.82) is 0 Å². The van der Waals surface area contributed by atoms with E-state index in [9.17, 15) is 14.7 Å². The Morgan fingerprint density at radius 1 is 1.07 bits per heavy atom. The smallest absolute Gasteiger partial charge is 0.339 e. The van der Waals surface area contributed by atoms with E-state index in [1.807, 2.05) is 31.2 Å². The van der Waals surface area contributed by atoms with Crippen molar-refractivity contribution in [3.8, 4) is 16.9 Å². The van der Waals surface area contributed by atoms with E-state index in [1.165, 1.54) is 13.2 Å². The van der Waals surface area contributed by atoms with E-state index in [2.05, 4.69) is 5.32 Å². The molecule has 0 saturated carbocycles. The van der Waals surface area contributed by atoms with Gasteiger partial charge in [-0.3, -0.25) is 4.79 Å². The maximum atomic E-state index is 12.8. The minimum absolute atomic E-state index is 0.0135. The van der Waals surface area contributed by atoms with Gasteiger partial charge in [0.2, 0.25) is 0 Å². The van der Waals surface area contributed by atoms with E-state index in [0.717, 1.165) is 22.5 Å². The second kappa shape index (κ2) is 8.63. The van der Waals surface area contributed by atoms with E-state index in [-0.39, 0.29) is 36.9 Å². The van der Waals surface area contributed by atoms with Crippen LogP contribution in [0, 0.1) is 6.92 Å². The molecule has 0 aliphatic carbocycles. The summed E-state index contributed by atoms with van der Waals surface area (Å²) in [5.74, 6) is -1.73. The number of carboxylic acid groups (broad SMARTS) is 1. The molecule has 0 fully saturated rings. The SMILES string of the molecule is COc1c(Cl)cc(Cl)c(C(=O)Nc2scc(-c3ccc(C)cc3)c2C(=O)O)c1Cl. The fourth-order valence-corrected chi connectivity index (χ4v) is 4.79. The monoisotopic (exact) mass is 469 g/mol. The Balaban J connectivity index is 2.02. The maximum absolute atomic E-state index is 12.8. The molecular weight excluding hydrogens is 457 g/mol. The van der Waals surface area contributed by atoms with Gasteiger partial charge < -0.3 is 15.2 Å². The first-order valence-electron chi connectivity index (χ1n) is 8.19. The number of aromatic carboxylic acids is 1. The fourth-order valence-electron chi connectivity index (χ4n) is 2.74. The number of halogens is 3. The third-order valence-electron chi connectivity index (χ3n) is 4.15. The van der Waals surface area contributed by atoms with Gasteiger partial charge in [-0.15, -0.1) is 11.3 Å². The van der Waals surface area contributed by atoms with Crippen LogP contribution in [0.2, 0.25) is 15.1 Å². The molecule has 0 bridgehead atoms. The Morgan fingerprint density at radius 2 is 1.72 bits per heavy atom. The van der Waals surface area contributed by atoms with Crippen LogP contribution in [0.1, 0.15) is 26.3 Å². The lowest BCUT2D eigenvalue weighted by atomic mass is 10.0. The van der Waals surface area contributed by atoms with Crippen molar-refractivity contribution in [1.82, 2.24) is 0 Å². The average molecular weight is 471 g/mol. The molecule has 0 saturated heterocycles. The van der Waals surface area contributed by atoms with Crippen molar-refractivity contribution >= 4 is 63.0 Å². The number of ether oxygens (including phenoxy) is 1. The molecule has 0 unspecified atom stereocenters. The lowest BCUT2D eigenvalue weighted by molar-refractivity contribution is 0.0699. The summed E-state index contributed by atoms with van der Waals surface area (Å²) in [4.78, 5) is 24.7. The number of carbonyl (C=O) groups excluding carboxylic acids is 1. The number of anilines is 1. The van der Waals surface area contributed by atoms with Gasteiger partial charge in [0, 0.05) is 10.9 Å². The molecule has 0 aliphatic rings. The number of nitrogens with one attached hydrogen (secondary N) is 1. The zero-order chi connectivity index (χ0) is 21.3. The van der Waals surface area contributed by atoms with Crippen molar-refractivity contribution in [3.63, 3.8) is 0 Å². The third-order valence-corrected chi connectivity index (χ3v) is 5.99. The highest BCUT2D eigenvalue weighted by Gasteiger charge is 2.25. The van der Waals surface area contributed by atoms with Gasteiger partial charge >= 0.3 is 5.97 Å². The van der Waals surface area contributed by atoms with Crippen LogP contribution in [-0.4, -0.2) is 24.1 Å². The highest BCUT2D eigenvalue weighted by molar-refractivity contribution is 7.15. The summed E-state index contributed by atoms with van der Waals surface area (Å²) in [6, 6.07) is 8.76. The van der Waals surface area contributed by atoms with E-state index < -0.39 is 11.9 Å². The Kier molecular flexibility index (Phi) is 6.39. The molecule has 5 nitrogen and oxygen atoms in total. The third kappa shape index (κ3) is 4.21. The molecule has 3 aromatic rings. The zero-order valence-electron chi connectivity index (χ0n) is 15.2. The van der Waals surface area contributed by atoms with Gasteiger partial charge in [0.05, 0.1) is 27.7 Å². The zero-order valence-corrected chi connectivity index (χ0v) is 18.3. The van der Waals surface area contributed by atoms with Crippen LogP contribution in [0.5, 0.6) is 5.75 Å². The first-order valence-corrected chi connectivity index (χ1v) is 10.2. The lowest BCUT2D eigenvalue weighted by Crippen LogP contribution is -2.15. The lowest BCUT2D eigenvalue weighted by Gasteiger charge is -2.13. The topological polar surface area (TPSA) is 75.6 Å². The van der Waals surface area contributed by atoms with Crippen LogP contribution in [0.3, 0.4) is 0 Å². The molecule has 2 aromatic carbocycles. The molecule has 9 heteroatoms. The molecule has 3 rings (SSSR count). The molecule has 0 radical (unpaired) electrons. The number of carboxylic acids is 1. The summed E-state index contributed by atoms with van der Waals surface area (Å²) >= 11 is 19.5. The van der Waals surface area contributed by atoms with Crippen molar-refractivity contribution in [2.24, 2.45) is 0 Å². The number of methoxy groups -OCH3 is 1. The number of hydrogen-bond donors (Lipinski definition) is 2. The largest absolute Gasteiger partial charge is 0.494 e. The predicted molar refractivity (Wildman–Crippen MR) is 117 cm³/mol. The Hall–Kier alpha value is -2.25. The number of benzene rings is 2. The number of aryl methyl sites for hydroxylation is 1. The van der Waals surface area contributed by atoms with Gasteiger partial charge in [-0.25, -0.2) is 4.79 Å². The molecule has 29 heavy (non-hydrogen) atoms. The first-order chi connectivity index (χ1) is 13.7. The van der Waals surface area contributed by atoms with Gasteiger partial charge in [0.15, 0.2) is 5.75 Å². The number of rotatable bonds is 5. The second-order valence-corrected chi connectivity index (χ2v) is 8.11. The average Bonchev–Trinajstić information content (AvgIpc) is 3.06. The molecule has 150 valence electrons. The molecule has 0 aliphatic heterocycles. The molecule has 0 spiro atoms. The van der Waals surface area contributed by atoms with Crippen LogP contribution < -0.4 is 10.1 Å². The van der Waals surface area contributed by atoms with E-state index in [0.29, 0.717) is 5.56 Å². The Bertz CT molecular complexity index is 1110. The van der Waals surface area contributed by atoms with E-state index in [4.69, 9.17) is 39.5 Å². The van der Waals surface area contributed by atoms with Crippen molar-refractivity contribution in [2.75, 3.05) is 12.4 Å². The number of carbonyl (C=O) groups is 2. The van der Waals surface area contributed by atoms with Gasteiger partial charge in [-0.05, 0) is 18.6 Å². The van der Waals surface area contributed by atoms with Crippen molar-refractivity contribution < 1.29 is 19.4 Å². The summed E-state index contributed by atoms with van der Waals surface area (Å²) in [6.07, 6.45) is 0. The highest BCUT2D eigenvalue weighted by Crippen LogP contribution is 2.41. The predicted octanol–water partition coefficient (Wildman–Crippen LogP) is 6.64. The molecule has 1 amide bonds.